The van der Waals surface area contributed by atoms with Crippen molar-refractivity contribution in [3.8, 4) is 0 Å². The van der Waals surface area contributed by atoms with Gasteiger partial charge < -0.3 is 15.3 Å². The molecule has 0 saturated heterocycles. The summed E-state index contributed by atoms with van der Waals surface area (Å²) < 4.78 is 0. The minimum absolute atomic E-state index is 0.146. The predicted molar refractivity (Wildman–Crippen MR) is 124 cm³/mol. The summed E-state index contributed by atoms with van der Waals surface area (Å²) in [6, 6.07) is 26.0. The van der Waals surface area contributed by atoms with Crippen LogP contribution in [0.5, 0.6) is 0 Å². The number of nitrogens with zero attached hydrogens (tertiary/aromatic N) is 1. The smallest absolute Gasteiger partial charge is 0.303 e. The Kier molecular flexibility index (Phi) is 7.44. The Balaban J connectivity index is 1.54. The fourth-order valence-electron chi connectivity index (χ4n) is 3.14. The van der Waals surface area contributed by atoms with Gasteiger partial charge in [-0.15, -0.1) is 0 Å². The van der Waals surface area contributed by atoms with Crippen molar-refractivity contribution >= 4 is 17.9 Å². The number of aryl methyl sites for hydroxylation is 1. The van der Waals surface area contributed by atoms with Gasteiger partial charge in [0.1, 0.15) is 0 Å². The van der Waals surface area contributed by atoms with Crippen LogP contribution in [0.2, 0.25) is 0 Å². The average Bonchev–Trinajstić information content (AvgIpc) is 2.78. The summed E-state index contributed by atoms with van der Waals surface area (Å²) in [5, 5.41) is 16.4. The molecular weight excluding hydrogens is 388 g/mol. The molecule has 0 bridgehead atoms. The quantitative estimate of drug-likeness (QED) is 0.333. The third-order valence-corrected chi connectivity index (χ3v) is 4.98. The number of carboxylic acid groups (broad SMARTS) is 1. The van der Waals surface area contributed by atoms with E-state index < -0.39 is 11.6 Å². The maximum Gasteiger partial charge on any atom is 0.303 e. The topological polar surface area (TPSA) is 70.9 Å². The van der Waals surface area contributed by atoms with Crippen LogP contribution in [0.4, 0.5) is 5.69 Å². The fourth-order valence-corrected chi connectivity index (χ4v) is 3.14. The van der Waals surface area contributed by atoms with Gasteiger partial charge >= 0.3 is 5.97 Å². The van der Waals surface area contributed by atoms with Gasteiger partial charge in [-0.2, -0.15) is 0 Å². The monoisotopic (exact) mass is 416 g/mol. The van der Waals surface area contributed by atoms with Crippen molar-refractivity contribution in [3.05, 3.63) is 101 Å². The average molecular weight is 417 g/mol. The first-order valence-corrected chi connectivity index (χ1v) is 10.3. The van der Waals surface area contributed by atoms with E-state index in [1.165, 1.54) is 0 Å². The van der Waals surface area contributed by atoms with Gasteiger partial charge in [0.15, 0.2) is 5.60 Å². The summed E-state index contributed by atoms with van der Waals surface area (Å²) in [7, 11) is 0. The lowest BCUT2D eigenvalue weighted by Gasteiger charge is -2.22. The lowest BCUT2D eigenvalue weighted by Crippen LogP contribution is -2.18. The number of anilines is 1. The second kappa shape index (κ2) is 10.4. The molecule has 0 fully saturated rings. The van der Waals surface area contributed by atoms with Gasteiger partial charge in [0.05, 0.1) is 6.21 Å². The lowest BCUT2D eigenvalue weighted by atomic mass is 9.99. The van der Waals surface area contributed by atoms with Gasteiger partial charge in [-0.05, 0) is 60.7 Å². The Morgan fingerprint density at radius 1 is 1.00 bits per heavy atom. The molecule has 0 aliphatic rings. The van der Waals surface area contributed by atoms with Gasteiger partial charge in [0, 0.05) is 18.7 Å². The summed E-state index contributed by atoms with van der Waals surface area (Å²) >= 11 is 0. The summed E-state index contributed by atoms with van der Waals surface area (Å²) in [4.78, 5) is 16.4. The minimum atomic E-state index is -0.778. The van der Waals surface area contributed by atoms with E-state index in [4.69, 9.17) is 9.94 Å². The van der Waals surface area contributed by atoms with Crippen LogP contribution in [0.15, 0.2) is 84.0 Å². The normalized spacial score (nSPS) is 11.4. The van der Waals surface area contributed by atoms with E-state index >= 15 is 0 Å². The maximum absolute atomic E-state index is 10.7. The molecule has 0 atom stereocenters. The van der Waals surface area contributed by atoms with E-state index in [2.05, 4.69) is 22.6 Å². The van der Waals surface area contributed by atoms with E-state index in [0.717, 1.165) is 27.9 Å². The summed E-state index contributed by atoms with van der Waals surface area (Å²) in [5.41, 5.74) is 4.66. The van der Waals surface area contributed by atoms with Gasteiger partial charge in [-0.3, -0.25) is 4.79 Å². The van der Waals surface area contributed by atoms with Crippen molar-refractivity contribution < 1.29 is 14.7 Å². The van der Waals surface area contributed by atoms with Crippen molar-refractivity contribution in [2.45, 2.75) is 38.8 Å². The van der Waals surface area contributed by atoms with E-state index in [-0.39, 0.29) is 6.42 Å². The zero-order valence-corrected chi connectivity index (χ0v) is 17.9. The molecule has 0 unspecified atom stereocenters. The largest absolute Gasteiger partial charge is 0.481 e. The van der Waals surface area contributed by atoms with E-state index in [1.807, 2.05) is 80.6 Å². The van der Waals surface area contributed by atoms with E-state index in [1.54, 1.807) is 6.21 Å². The molecule has 31 heavy (non-hydrogen) atoms. The first-order chi connectivity index (χ1) is 14.9. The summed E-state index contributed by atoms with van der Waals surface area (Å²) in [6.45, 7) is 4.66. The Bertz CT molecular complexity index is 1010. The van der Waals surface area contributed by atoms with Crippen LogP contribution in [0.3, 0.4) is 0 Å². The lowest BCUT2D eigenvalue weighted by molar-refractivity contribution is -0.136. The van der Waals surface area contributed by atoms with Crippen LogP contribution in [0, 0.1) is 0 Å². The number of rotatable bonds is 10. The SMILES string of the molecule is CC(C)(ON=Cc1cccc(CNc2ccc(CCC(=O)O)cc2)c1)c1ccccc1. The number of hydrogen-bond acceptors (Lipinski definition) is 4. The van der Waals surface area contributed by atoms with E-state index in [9.17, 15) is 4.79 Å². The van der Waals surface area contributed by atoms with Gasteiger partial charge in [-0.25, -0.2) is 0 Å². The minimum Gasteiger partial charge on any atom is -0.481 e. The van der Waals surface area contributed by atoms with Crippen molar-refractivity contribution in [1.82, 2.24) is 0 Å². The molecule has 160 valence electrons. The Morgan fingerprint density at radius 3 is 2.45 bits per heavy atom. The number of oxime groups is 1. The third-order valence-electron chi connectivity index (χ3n) is 4.98. The molecule has 0 aliphatic carbocycles. The first-order valence-electron chi connectivity index (χ1n) is 10.3. The maximum atomic E-state index is 10.7. The third kappa shape index (κ3) is 7.00. The number of nitrogens with one attached hydrogen (secondary N) is 1. The van der Waals surface area contributed by atoms with E-state index in [0.29, 0.717) is 13.0 Å². The number of carboxylic acids is 1. The molecule has 2 N–H and O–H groups in total. The van der Waals surface area contributed by atoms with Crippen molar-refractivity contribution in [2.75, 3.05) is 5.32 Å². The van der Waals surface area contributed by atoms with Crippen molar-refractivity contribution in [3.63, 3.8) is 0 Å². The van der Waals surface area contributed by atoms with Gasteiger partial charge in [0.25, 0.3) is 0 Å². The van der Waals surface area contributed by atoms with Crippen LogP contribution in [0.1, 0.15) is 42.5 Å². The van der Waals surface area contributed by atoms with Crippen molar-refractivity contribution in [2.24, 2.45) is 5.16 Å². The predicted octanol–water partition coefficient (Wildman–Crippen LogP) is 5.60. The van der Waals surface area contributed by atoms with Gasteiger partial charge in [-0.1, -0.05) is 65.8 Å². The molecule has 3 rings (SSSR count). The number of benzene rings is 3. The molecule has 0 aromatic heterocycles. The Labute approximate surface area is 183 Å². The highest BCUT2D eigenvalue weighted by Crippen LogP contribution is 2.24. The summed E-state index contributed by atoms with van der Waals surface area (Å²) in [6.07, 6.45) is 2.42. The molecule has 3 aromatic rings. The molecule has 5 heteroatoms. The molecule has 5 nitrogen and oxygen atoms in total. The standard InChI is InChI=1S/C26H28N2O3/c1-26(2,23-9-4-3-5-10-23)31-28-19-22-8-6-7-21(17-22)18-27-24-14-11-20(12-15-24)13-16-25(29)30/h3-12,14-15,17,19,27H,13,16,18H2,1-2H3,(H,29,30). The fraction of sp³-hybridized carbons (Fsp3) is 0.231. The first kappa shape index (κ1) is 22.1. The van der Waals surface area contributed by atoms with Gasteiger partial charge in [0.2, 0.25) is 0 Å². The Hall–Kier alpha value is -3.60. The molecule has 0 spiro atoms. The second-order valence-electron chi connectivity index (χ2n) is 7.89. The van der Waals surface area contributed by atoms with Crippen LogP contribution < -0.4 is 5.32 Å². The van der Waals surface area contributed by atoms with Crippen LogP contribution in [-0.4, -0.2) is 17.3 Å². The zero-order valence-electron chi connectivity index (χ0n) is 17.9. The number of aliphatic carboxylic acids is 1. The van der Waals surface area contributed by atoms with Crippen LogP contribution >= 0.6 is 0 Å². The number of carbonyl (C=O) groups is 1. The molecular formula is C26H28N2O3. The zero-order chi connectivity index (χ0) is 22.1. The molecule has 3 aromatic carbocycles. The highest BCUT2D eigenvalue weighted by atomic mass is 16.6. The highest BCUT2D eigenvalue weighted by Gasteiger charge is 2.21. The van der Waals surface area contributed by atoms with Crippen LogP contribution in [-0.2, 0) is 28.2 Å². The number of hydrogen-bond donors (Lipinski definition) is 2. The molecule has 0 aliphatic heterocycles. The summed E-state index contributed by atoms with van der Waals surface area (Å²) in [5.74, 6) is -0.778. The molecule has 0 amide bonds. The Morgan fingerprint density at radius 2 is 1.74 bits per heavy atom. The molecule has 0 heterocycles. The van der Waals surface area contributed by atoms with Crippen LogP contribution in [0.25, 0.3) is 0 Å². The molecule has 0 radical (unpaired) electrons. The molecule has 0 saturated carbocycles. The second-order valence-corrected chi connectivity index (χ2v) is 7.89. The highest BCUT2D eigenvalue weighted by molar-refractivity contribution is 5.79. The van der Waals surface area contributed by atoms with Crippen molar-refractivity contribution in [1.29, 1.82) is 0 Å².